The quantitative estimate of drug-likeness (QED) is 0.493. The normalized spacial score (nSPS) is 17.1. The molecule has 5 rings (SSSR count). The number of anilines is 1. The SMILES string of the molecule is CN(C)C(=O)c1cc2cnc(/N=c3/ccc(N4CCN(C(=O)OC(C)(C)C)CC4)cn3O)nc2n1C1CCCC1. The van der Waals surface area contributed by atoms with E-state index >= 15 is 0 Å². The molecule has 0 aromatic carbocycles. The minimum Gasteiger partial charge on any atom is -0.444 e. The molecular weight excluding hydrogens is 512 g/mol. The van der Waals surface area contributed by atoms with E-state index in [1.165, 1.54) is 0 Å². The van der Waals surface area contributed by atoms with Crippen LogP contribution < -0.4 is 10.4 Å². The number of fused-ring (bicyclic) bond motifs is 1. The Bertz CT molecular complexity index is 1470. The lowest BCUT2D eigenvalue weighted by Crippen LogP contribution is -2.50. The predicted octanol–water partition coefficient (Wildman–Crippen LogP) is 3.58. The molecule has 40 heavy (non-hydrogen) atoms. The van der Waals surface area contributed by atoms with Crippen molar-refractivity contribution in [3.8, 4) is 0 Å². The summed E-state index contributed by atoms with van der Waals surface area (Å²) in [4.78, 5) is 44.3. The maximum absolute atomic E-state index is 12.9. The molecule has 1 aliphatic carbocycles. The van der Waals surface area contributed by atoms with E-state index in [1.807, 2.05) is 37.5 Å². The monoisotopic (exact) mass is 550 g/mol. The van der Waals surface area contributed by atoms with Crippen LogP contribution in [0.3, 0.4) is 0 Å². The summed E-state index contributed by atoms with van der Waals surface area (Å²) in [5.41, 5.74) is 1.83. The van der Waals surface area contributed by atoms with Gasteiger partial charge in [0.15, 0.2) is 5.49 Å². The zero-order valence-corrected chi connectivity index (χ0v) is 23.9. The fraction of sp³-hybridized carbons (Fsp3) is 0.536. The molecule has 2 aliphatic rings. The number of amides is 2. The number of ether oxygens (including phenoxy) is 1. The predicted molar refractivity (Wildman–Crippen MR) is 150 cm³/mol. The average Bonchev–Trinajstić information content (AvgIpc) is 3.56. The number of nitrogens with zero attached hydrogens (tertiary/aromatic N) is 8. The highest BCUT2D eigenvalue weighted by Crippen LogP contribution is 2.35. The number of hydrogen-bond donors (Lipinski definition) is 1. The third kappa shape index (κ3) is 5.75. The van der Waals surface area contributed by atoms with Gasteiger partial charge in [0.05, 0.1) is 11.9 Å². The molecule has 2 amide bonds. The van der Waals surface area contributed by atoms with Crippen LogP contribution in [0.1, 0.15) is 63.0 Å². The molecule has 1 aliphatic heterocycles. The summed E-state index contributed by atoms with van der Waals surface area (Å²) >= 11 is 0. The number of carbonyl (C=O) groups excluding carboxylic acids is 2. The number of hydrogen-bond acceptors (Lipinski definition) is 8. The number of pyridine rings is 1. The second-order valence-electron chi connectivity index (χ2n) is 11.6. The Labute approximate surface area is 233 Å². The zero-order chi connectivity index (χ0) is 28.6. The van der Waals surface area contributed by atoms with Gasteiger partial charge in [-0.25, -0.2) is 9.78 Å². The van der Waals surface area contributed by atoms with Crippen molar-refractivity contribution in [1.29, 1.82) is 0 Å². The van der Waals surface area contributed by atoms with E-state index < -0.39 is 5.60 Å². The Morgan fingerprint density at radius 2 is 1.80 bits per heavy atom. The summed E-state index contributed by atoms with van der Waals surface area (Å²) in [7, 11) is 3.49. The molecule has 3 aromatic rings. The molecule has 2 fully saturated rings. The first kappa shape index (κ1) is 27.5. The third-order valence-corrected chi connectivity index (χ3v) is 7.28. The van der Waals surface area contributed by atoms with Crippen LogP contribution in [0.2, 0.25) is 0 Å². The Kier molecular flexibility index (Phi) is 7.43. The molecule has 214 valence electrons. The van der Waals surface area contributed by atoms with Gasteiger partial charge in [0.1, 0.15) is 16.9 Å². The first-order chi connectivity index (χ1) is 19.0. The highest BCUT2D eigenvalue weighted by molar-refractivity contribution is 5.97. The lowest BCUT2D eigenvalue weighted by Gasteiger charge is -2.36. The standard InChI is InChI=1S/C28H38N8O4/c1-28(2,3)40-27(38)34-14-12-33(13-15-34)21-10-11-23(35(39)18-21)30-26-29-17-19-16-22(25(37)32(4)5)36(24(19)31-26)20-8-6-7-9-20/h10-11,16-18,20,39H,6-9,12-15H2,1-5H3/b30-23-. The lowest BCUT2D eigenvalue weighted by molar-refractivity contribution is 0.0240. The van der Waals surface area contributed by atoms with Crippen LogP contribution in [0, 0.1) is 0 Å². The van der Waals surface area contributed by atoms with Crippen LogP contribution in [-0.2, 0) is 4.74 Å². The van der Waals surface area contributed by atoms with Crippen LogP contribution in [0.25, 0.3) is 11.0 Å². The summed E-state index contributed by atoms with van der Waals surface area (Å²) in [5.74, 6) is 0.134. The molecule has 1 saturated heterocycles. The molecule has 12 nitrogen and oxygen atoms in total. The number of piperazine rings is 1. The van der Waals surface area contributed by atoms with Crippen LogP contribution in [-0.4, -0.2) is 92.1 Å². The van der Waals surface area contributed by atoms with Crippen molar-refractivity contribution in [3.05, 3.63) is 41.8 Å². The van der Waals surface area contributed by atoms with Gasteiger partial charge in [0, 0.05) is 57.9 Å². The van der Waals surface area contributed by atoms with Crippen molar-refractivity contribution in [3.63, 3.8) is 0 Å². The highest BCUT2D eigenvalue weighted by Gasteiger charge is 2.27. The Balaban J connectivity index is 1.38. The van der Waals surface area contributed by atoms with E-state index in [9.17, 15) is 14.8 Å². The molecule has 1 saturated carbocycles. The van der Waals surface area contributed by atoms with E-state index in [-0.39, 0.29) is 29.5 Å². The van der Waals surface area contributed by atoms with Crippen molar-refractivity contribution in [1.82, 2.24) is 29.1 Å². The lowest BCUT2D eigenvalue weighted by atomic mass is 10.2. The van der Waals surface area contributed by atoms with Gasteiger partial charge < -0.3 is 29.2 Å². The summed E-state index contributed by atoms with van der Waals surface area (Å²) in [6.45, 7) is 7.84. The zero-order valence-electron chi connectivity index (χ0n) is 23.9. The van der Waals surface area contributed by atoms with Gasteiger partial charge in [-0.3, -0.25) is 4.79 Å². The number of carbonyl (C=O) groups is 2. The topological polar surface area (TPSA) is 121 Å². The van der Waals surface area contributed by atoms with Crippen LogP contribution in [0.15, 0.2) is 35.6 Å². The molecule has 12 heteroatoms. The Hall–Kier alpha value is -4.09. The third-order valence-electron chi connectivity index (χ3n) is 7.28. The first-order valence-electron chi connectivity index (χ1n) is 13.8. The molecular formula is C28H38N8O4. The smallest absolute Gasteiger partial charge is 0.410 e. The summed E-state index contributed by atoms with van der Waals surface area (Å²) in [6, 6.07) is 5.64. The van der Waals surface area contributed by atoms with Gasteiger partial charge in [-0.2, -0.15) is 14.7 Å². The van der Waals surface area contributed by atoms with Gasteiger partial charge in [0.2, 0.25) is 0 Å². The second kappa shape index (κ2) is 10.8. The molecule has 1 N–H and O–H groups in total. The van der Waals surface area contributed by atoms with Crippen molar-refractivity contribution < 1.29 is 19.5 Å². The fourth-order valence-corrected chi connectivity index (χ4v) is 5.30. The summed E-state index contributed by atoms with van der Waals surface area (Å²) in [6.07, 6.45) is 7.20. The first-order valence-corrected chi connectivity index (χ1v) is 13.8. The van der Waals surface area contributed by atoms with Crippen molar-refractivity contribution in [2.45, 2.75) is 58.1 Å². The Morgan fingerprint density at radius 1 is 1.10 bits per heavy atom. The fourth-order valence-electron chi connectivity index (χ4n) is 5.30. The van der Waals surface area contributed by atoms with Gasteiger partial charge in [-0.05, 0) is 51.8 Å². The molecule has 0 radical (unpaired) electrons. The maximum Gasteiger partial charge on any atom is 0.410 e. The van der Waals surface area contributed by atoms with Crippen LogP contribution in [0.5, 0.6) is 0 Å². The minimum atomic E-state index is -0.532. The molecule has 0 atom stereocenters. The summed E-state index contributed by atoms with van der Waals surface area (Å²) in [5, 5.41) is 11.5. The van der Waals surface area contributed by atoms with Crippen LogP contribution in [0.4, 0.5) is 16.4 Å². The van der Waals surface area contributed by atoms with E-state index in [0.717, 1.165) is 41.5 Å². The molecule has 0 unspecified atom stereocenters. The number of rotatable bonds is 4. The van der Waals surface area contributed by atoms with E-state index in [2.05, 4.69) is 14.9 Å². The van der Waals surface area contributed by atoms with Gasteiger partial charge >= 0.3 is 6.09 Å². The van der Waals surface area contributed by atoms with Crippen molar-refractivity contribution >= 4 is 34.7 Å². The van der Waals surface area contributed by atoms with Gasteiger partial charge in [0.25, 0.3) is 11.9 Å². The minimum absolute atomic E-state index is 0.0703. The second-order valence-corrected chi connectivity index (χ2v) is 11.6. The average molecular weight is 551 g/mol. The highest BCUT2D eigenvalue weighted by atomic mass is 16.6. The van der Waals surface area contributed by atoms with E-state index in [1.54, 1.807) is 42.4 Å². The summed E-state index contributed by atoms with van der Waals surface area (Å²) < 4.78 is 8.47. The van der Waals surface area contributed by atoms with E-state index in [4.69, 9.17) is 9.72 Å². The number of aromatic nitrogens is 4. The molecule has 0 spiro atoms. The van der Waals surface area contributed by atoms with Gasteiger partial charge in [-0.1, -0.05) is 12.8 Å². The van der Waals surface area contributed by atoms with E-state index in [0.29, 0.717) is 37.5 Å². The van der Waals surface area contributed by atoms with Crippen molar-refractivity contribution in [2.24, 2.45) is 4.99 Å². The Morgan fingerprint density at radius 3 is 2.42 bits per heavy atom. The largest absolute Gasteiger partial charge is 0.444 e. The molecule has 0 bridgehead atoms. The van der Waals surface area contributed by atoms with Gasteiger partial charge in [-0.15, -0.1) is 0 Å². The molecule has 3 aromatic heterocycles. The maximum atomic E-state index is 12.9. The van der Waals surface area contributed by atoms with Crippen LogP contribution >= 0.6 is 0 Å². The molecule has 4 heterocycles. The van der Waals surface area contributed by atoms with Crippen molar-refractivity contribution in [2.75, 3.05) is 45.2 Å².